The first-order valence-corrected chi connectivity index (χ1v) is 11.6. The predicted molar refractivity (Wildman–Crippen MR) is 128 cm³/mol. The predicted octanol–water partition coefficient (Wildman–Crippen LogP) is 5.43. The Labute approximate surface area is 203 Å². The quantitative estimate of drug-likeness (QED) is 0.335. The number of para-hydroxylation sites is 1. The summed E-state index contributed by atoms with van der Waals surface area (Å²) in [7, 11) is 0. The molecule has 0 spiro atoms. The van der Waals surface area contributed by atoms with Crippen LogP contribution in [-0.4, -0.2) is 28.3 Å². The van der Waals surface area contributed by atoms with Gasteiger partial charge in [-0.25, -0.2) is 9.18 Å². The molecule has 2 aromatic carbocycles. The zero-order valence-corrected chi connectivity index (χ0v) is 20.1. The number of halogens is 3. The number of hydrogen-bond donors (Lipinski definition) is 1. The molecular formula is C22H14BrClFN3O4S. The number of ether oxygens (including phenoxy) is 1. The Morgan fingerprint density at radius 1 is 1.27 bits per heavy atom. The Kier molecular flexibility index (Phi) is 6.59. The summed E-state index contributed by atoms with van der Waals surface area (Å²) in [6.07, 6.45) is 0. The smallest absolute Gasteiger partial charge is 0.359 e. The largest absolute Gasteiger partial charge is 0.461 e. The van der Waals surface area contributed by atoms with Crippen molar-refractivity contribution >= 4 is 66.5 Å². The number of nitrogens with one attached hydrogen (secondary N) is 1. The lowest BCUT2D eigenvalue weighted by atomic mass is 10.2. The number of esters is 1. The molecule has 0 aliphatic rings. The molecule has 0 atom stereocenters. The number of thiophene rings is 1. The lowest BCUT2D eigenvalue weighted by Gasteiger charge is -2.11. The Bertz CT molecular complexity index is 1470. The van der Waals surface area contributed by atoms with Crippen molar-refractivity contribution in [3.8, 4) is 5.69 Å². The molecule has 33 heavy (non-hydrogen) atoms. The molecule has 2 heterocycles. The lowest BCUT2D eigenvalue weighted by Crippen LogP contribution is -2.26. The summed E-state index contributed by atoms with van der Waals surface area (Å²) in [6, 6.07) is 10.3. The standard InChI is InChI=1S/C22H14BrClFN3O4S/c1-2-32-22(31)18-13-10-33-20(26-19(29)12-9-11(23)7-8-14(12)24)17(13)21(30)28(27-18)16-6-4-3-5-15(16)25/h3-10H,2H2,1H3,(H,26,29). The first kappa shape index (κ1) is 23.1. The van der Waals surface area contributed by atoms with Gasteiger partial charge in [0.2, 0.25) is 0 Å². The van der Waals surface area contributed by atoms with E-state index in [0.717, 1.165) is 16.0 Å². The van der Waals surface area contributed by atoms with Crippen LogP contribution in [0.15, 0.2) is 57.1 Å². The number of nitrogens with zero attached hydrogens (tertiary/aromatic N) is 2. The molecule has 11 heteroatoms. The Hall–Kier alpha value is -3.08. The molecule has 2 aromatic heterocycles. The van der Waals surface area contributed by atoms with E-state index in [0.29, 0.717) is 4.47 Å². The van der Waals surface area contributed by atoms with Gasteiger partial charge in [0.15, 0.2) is 5.69 Å². The van der Waals surface area contributed by atoms with E-state index >= 15 is 0 Å². The minimum Gasteiger partial charge on any atom is -0.461 e. The third-order valence-electron chi connectivity index (χ3n) is 4.60. The average molecular weight is 551 g/mol. The number of amides is 1. The van der Waals surface area contributed by atoms with Gasteiger partial charge >= 0.3 is 5.97 Å². The highest BCUT2D eigenvalue weighted by Crippen LogP contribution is 2.32. The zero-order chi connectivity index (χ0) is 23.7. The maximum atomic E-state index is 14.5. The van der Waals surface area contributed by atoms with Crippen LogP contribution in [0.2, 0.25) is 5.02 Å². The summed E-state index contributed by atoms with van der Waals surface area (Å²) in [4.78, 5) is 38.8. The van der Waals surface area contributed by atoms with E-state index in [9.17, 15) is 18.8 Å². The number of aromatic nitrogens is 2. The first-order valence-electron chi connectivity index (χ1n) is 9.54. The van der Waals surface area contributed by atoms with Gasteiger partial charge in [0.25, 0.3) is 11.5 Å². The maximum absolute atomic E-state index is 14.5. The highest BCUT2D eigenvalue weighted by atomic mass is 79.9. The lowest BCUT2D eigenvalue weighted by molar-refractivity contribution is 0.0519. The van der Waals surface area contributed by atoms with Gasteiger partial charge in [0, 0.05) is 15.2 Å². The normalized spacial score (nSPS) is 10.9. The van der Waals surface area contributed by atoms with Crippen LogP contribution in [0.1, 0.15) is 27.8 Å². The monoisotopic (exact) mass is 549 g/mol. The molecule has 0 unspecified atom stereocenters. The Balaban J connectivity index is 1.91. The van der Waals surface area contributed by atoms with Gasteiger partial charge in [-0.15, -0.1) is 11.3 Å². The fraction of sp³-hybridized carbons (Fsp3) is 0.0909. The second kappa shape index (κ2) is 9.42. The fourth-order valence-electron chi connectivity index (χ4n) is 3.12. The number of anilines is 1. The molecule has 0 aliphatic carbocycles. The fourth-order valence-corrected chi connectivity index (χ4v) is 4.62. The number of fused-ring (bicyclic) bond motifs is 1. The van der Waals surface area contributed by atoms with Crippen LogP contribution >= 0.6 is 38.9 Å². The summed E-state index contributed by atoms with van der Waals surface area (Å²) in [6.45, 7) is 1.71. The van der Waals surface area contributed by atoms with Crippen LogP contribution in [0.5, 0.6) is 0 Å². The molecule has 0 bridgehead atoms. The van der Waals surface area contributed by atoms with Gasteiger partial charge in [-0.3, -0.25) is 9.59 Å². The van der Waals surface area contributed by atoms with E-state index in [1.165, 1.54) is 35.7 Å². The SMILES string of the molecule is CCOC(=O)c1nn(-c2ccccc2F)c(=O)c2c(NC(=O)c3cc(Br)ccc3Cl)scc12. The zero-order valence-electron chi connectivity index (χ0n) is 16.9. The summed E-state index contributed by atoms with van der Waals surface area (Å²) in [5, 5.41) is 8.83. The maximum Gasteiger partial charge on any atom is 0.359 e. The van der Waals surface area contributed by atoms with Crippen molar-refractivity contribution in [1.82, 2.24) is 9.78 Å². The van der Waals surface area contributed by atoms with Crippen molar-refractivity contribution in [2.75, 3.05) is 11.9 Å². The molecule has 168 valence electrons. The molecule has 4 rings (SSSR count). The molecule has 1 amide bonds. The first-order chi connectivity index (χ1) is 15.8. The average Bonchev–Trinajstić information content (AvgIpc) is 3.20. The van der Waals surface area contributed by atoms with E-state index in [1.807, 2.05) is 0 Å². The van der Waals surface area contributed by atoms with Crippen molar-refractivity contribution in [3.05, 3.63) is 84.8 Å². The second-order valence-electron chi connectivity index (χ2n) is 6.67. The second-order valence-corrected chi connectivity index (χ2v) is 8.87. The number of hydrogen-bond acceptors (Lipinski definition) is 6. The van der Waals surface area contributed by atoms with Gasteiger partial charge in [-0.1, -0.05) is 39.7 Å². The third-order valence-corrected chi connectivity index (χ3v) is 6.32. The van der Waals surface area contributed by atoms with E-state index in [1.54, 1.807) is 19.1 Å². The molecule has 7 nitrogen and oxygen atoms in total. The molecule has 1 N–H and O–H groups in total. The topological polar surface area (TPSA) is 90.3 Å². The summed E-state index contributed by atoms with van der Waals surface area (Å²) >= 11 is 10.5. The summed E-state index contributed by atoms with van der Waals surface area (Å²) in [5.41, 5.74) is -0.845. The summed E-state index contributed by atoms with van der Waals surface area (Å²) < 4.78 is 21.0. The van der Waals surface area contributed by atoms with Crippen molar-refractivity contribution < 1.29 is 18.7 Å². The van der Waals surface area contributed by atoms with Gasteiger partial charge in [-0.05, 0) is 37.3 Å². The Morgan fingerprint density at radius 3 is 2.76 bits per heavy atom. The molecule has 0 saturated carbocycles. The molecule has 0 aliphatic heterocycles. The van der Waals surface area contributed by atoms with Gasteiger partial charge in [-0.2, -0.15) is 9.78 Å². The highest BCUT2D eigenvalue weighted by molar-refractivity contribution is 9.10. The van der Waals surface area contributed by atoms with Crippen LogP contribution in [0.25, 0.3) is 16.5 Å². The number of carbonyl (C=O) groups excluding carboxylic acids is 2. The van der Waals surface area contributed by atoms with E-state index in [2.05, 4.69) is 26.3 Å². The van der Waals surface area contributed by atoms with Gasteiger partial charge in [0.1, 0.15) is 16.5 Å². The number of benzene rings is 2. The molecular weight excluding hydrogens is 537 g/mol. The van der Waals surface area contributed by atoms with Crippen LogP contribution in [-0.2, 0) is 4.74 Å². The van der Waals surface area contributed by atoms with Crippen LogP contribution in [0, 0.1) is 5.82 Å². The molecule has 0 fully saturated rings. The highest BCUT2D eigenvalue weighted by Gasteiger charge is 2.24. The minimum absolute atomic E-state index is 0.000718. The molecule has 4 aromatic rings. The van der Waals surface area contributed by atoms with E-state index in [4.69, 9.17) is 16.3 Å². The minimum atomic E-state index is -0.779. The van der Waals surface area contributed by atoms with E-state index < -0.39 is 23.3 Å². The van der Waals surface area contributed by atoms with Crippen LogP contribution < -0.4 is 10.9 Å². The van der Waals surface area contributed by atoms with Gasteiger partial charge < -0.3 is 10.1 Å². The Morgan fingerprint density at radius 2 is 2.03 bits per heavy atom. The van der Waals surface area contributed by atoms with Crippen molar-refractivity contribution in [2.24, 2.45) is 0 Å². The van der Waals surface area contributed by atoms with Crippen LogP contribution in [0.4, 0.5) is 9.39 Å². The molecule has 0 radical (unpaired) electrons. The number of carbonyl (C=O) groups is 2. The van der Waals surface area contributed by atoms with Crippen LogP contribution in [0.3, 0.4) is 0 Å². The summed E-state index contributed by atoms with van der Waals surface area (Å²) in [5.74, 6) is -2.04. The van der Waals surface area contributed by atoms with Crippen molar-refractivity contribution in [2.45, 2.75) is 6.92 Å². The van der Waals surface area contributed by atoms with E-state index in [-0.39, 0.29) is 44.3 Å². The van der Waals surface area contributed by atoms with Crippen molar-refractivity contribution in [3.63, 3.8) is 0 Å². The van der Waals surface area contributed by atoms with Gasteiger partial charge in [0.05, 0.1) is 22.6 Å². The van der Waals surface area contributed by atoms with Crippen molar-refractivity contribution in [1.29, 1.82) is 0 Å². The number of rotatable bonds is 5. The third kappa shape index (κ3) is 4.41. The molecule has 0 saturated heterocycles.